The Labute approximate surface area is 263 Å². The van der Waals surface area contributed by atoms with Gasteiger partial charge in [-0.05, 0) is 71.1 Å². The lowest BCUT2D eigenvalue weighted by molar-refractivity contribution is -0.149. The van der Waals surface area contributed by atoms with Crippen LogP contribution in [0.2, 0.25) is 0 Å². The number of amides is 1. The zero-order chi connectivity index (χ0) is 32.0. The highest BCUT2D eigenvalue weighted by molar-refractivity contribution is 7.80. The van der Waals surface area contributed by atoms with Crippen LogP contribution >= 0.6 is 0 Å². The number of hydrogen-bond acceptors (Lipinski definition) is 7. The van der Waals surface area contributed by atoms with E-state index in [4.69, 9.17) is 4.74 Å². The summed E-state index contributed by atoms with van der Waals surface area (Å²) < 4.78 is 40.8. The summed E-state index contributed by atoms with van der Waals surface area (Å²) in [5.74, 6) is -0.456. The van der Waals surface area contributed by atoms with Crippen LogP contribution in [0.5, 0.6) is 0 Å². The van der Waals surface area contributed by atoms with Crippen LogP contribution in [0, 0.1) is 0 Å². The van der Waals surface area contributed by atoms with Gasteiger partial charge in [-0.3, -0.25) is 13.8 Å². The molecular weight excluding hydrogens is 566 g/mol. The Hall–Kier alpha value is -1.71. The lowest BCUT2D eigenvalue weighted by Gasteiger charge is -2.16. The molecular formula is C34H62NO7S-. The molecule has 43 heavy (non-hydrogen) atoms. The van der Waals surface area contributed by atoms with E-state index < -0.39 is 10.4 Å². The zero-order valence-electron chi connectivity index (χ0n) is 27.5. The van der Waals surface area contributed by atoms with E-state index in [0.717, 1.165) is 50.5 Å². The molecule has 1 atom stereocenters. The highest BCUT2D eigenvalue weighted by atomic mass is 32.3. The van der Waals surface area contributed by atoms with Gasteiger partial charge in [0.2, 0.25) is 16.3 Å². The van der Waals surface area contributed by atoms with Crippen molar-refractivity contribution in [3.05, 3.63) is 23.8 Å². The molecule has 1 amide bonds. The van der Waals surface area contributed by atoms with Crippen LogP contribution in [-0.2, 0) is 28.9 Å². The monoisotopic (exact) mass is 628 g/mol. The molecule has 9 heteroatoms. The van der Waals surface area contributed by atoms with Crippen molar-refractivity contribution in [1.82, 2.24) is 5.32 Å². The Kier molecular flexibility index (Phi) is 27.9. The third kappa shape index (κ3) is 31.5. The second-order valence-corrected chi connectivity index (χ2v) is 12.7. The van der Waals surface area contributed by atoms with Crippen molar-refractivity contribution in [2.24, 2.45) is 0 Å². The Morgan fingerprint density at radius 3 is 1.86 bits per heavy atom. The quantitative estimate of drug-likeness (QED) is 0.0211. The van der Waals surface area contributed by atoms with E-state index in [2.05, 4.69) is 28.6 Å². The van der Waals surface area contributed by atoms with Crippen LogP contribution in [-0.4, -0.2) is 44.1 Å². The summed E-state index contributed by atoms with van der Waals surface area (Å²) in [4.78, 5) is 24.1. The number of carbonyl (C=O) groups excluding carboxylic acids is 2. The highest BCUT2D eigenvalue weighted by Gasteiger charge is 2.12. The first-order valence-electron chi connectivity index (χ1n) is 17.1. The number of ether oxygens (including phenoxy) is 1. The van der Waals surface area contributed by atoms with Crippen molar-refractivity contribution in [2.75, 3.05) is 13.2 Å². The van der Waals surface area contributed by atoms with Gasteiger partial charge in [-0.2, -0.15) is 0 Å². The smallest absolute Gasteiger partial charge is 0.306 e. The van der Waals surface area contributed by atoms with Gasteiger partial charge in [0.05, 0.1) is 6.61 Å². The Morgan fingerprint density at radius 1 is 0.767 bits per heavy atom. The maximum Gasteiger partial charge on any atom is 0.306 e. The molecule has 0 spiro atoms. The molecule has 0 radical (unpaired) electrons. The minimum Gasteiger partial charge on any atom is -0.726 e. The van der Waals surface area contributed by atoms with Gasteiger partial charge in [-0.25, -0.2) is 8.42 Å². The number of hydrogen-bond donors (Lipinski definition) is 1. The van der Waals surface area contributed by atoms with Gasteiger partial charge < -0.3 is 14.6 Å². The lowest BCUT2D eigenvalue weighted by atomic mass is 10.0. The van der Waals surface area contributed by atoms with Crippen molar-refractivity contribution in [1.29, 1.82) is 0 Å². The minimum absolute atomic E-state index is 0.0639. The average molecular weight is 629 g/mol. The number of allylic oxidation sites excluding steroid dienone is 3. The maximum absolute atomic E-state index is 12.3. The van der Waals surface area contributed by atoms with E-state index in [-0.39, 0.29) is 31.1 Å². The van der Waals surface area contributed by atoms with Gasteiger partial charge >= 0.3 is 5.97 Å². The predicted octanol–water partition coefficient (Wildman–Crippen LogP) is 8.62. The summed E-state index contributed by atoms with van der Waals surface area (Å²) in [6.45, 7) is 5.69. The molecule has 0 saturated heterocycles. The Balaban J connectivity index is 3.68. The molecule has 0 saturated carbocycles. The lowest BCUT2D eigenvalue weighted by Crippen LogP contribution is -2.26. The van der Waals surface area contributed by atoms with E-state index in [0.29, 0.717) is 6.42 Å². The van der Waals surface area contributed by atoms with Crippen LogP contribution in [0.3, 0.4) is 0 Å². The van der Waals surface area contributed by atoms with Gasteiger partial charge in [0.1, 0.15) is 6.10 Å². The van der Waals surface area contributed by atoms with Crippen molar-refractivity contribution in [3.63, 3.8) is 0 Å². The topological polar surface area (TPSA) is 122 Å². The summed E-state index contributed by atoms with van der Waals surface area (Å²) in [7, 11) is -4.74. The number of carbonyl (C=O) groups is 2. The molecule has 0 aromatic rings. The minimum atomic E-state index is -4.74. The first-order valence-corrected chi connectivity index (χ1v) is 18.4. The normalized spacial score (nSPS) is 13.0. The van der Waals surface area contributed by atoms with E-state index in [1.54, 1.807) is 0 Å². The van der Waals surface area contributed by atoms with Crippen LogP contribution in [0.1, 0.15) is 162 Å². The molecule has 0 bridgehead atoms. The summed E-state index contributed by atoms with van der Waals surface area (Å²) in [5, 5.41) is 2.47. The number of nitrogens with one attached hydrogen (secondary N) is 1. The fourth-order valence-corrected chi connectivity index (χ4v) is 5.19. The molecule has 0 aliphatic rings. The van der Waals surface area contributed by atoms with Crippen molar-refractivity contribution in [3.8, 4) is 0 Å². The number of esters is 1. The molecule has 252 valence electrons. The third-order valence-electron chi connectivity index (χ3n) is 7.50. The molecule has 0 aliphatic carbocycles. The molecule has 0 unspecified atom stereocenters. The second-order valence-electron chi connectivity index (χ2n) is 11.7. The summed E-state index contributed by atoms with van der Waals surface area (Å²) in [5.41, 5.74) is 0.895. The molecule has 8 nitrogen and oxygen atoms in total. The van der Waals surface area contributed by atoms with Gasteiger partial charge in [-0.1, -0.05) is 102 Å². The van der Waals surface area contributed by atoms with E-state index >= 15 is 0 Å². The molecule has 0 aliphatic heterocycles. The van der Waals surface area contributed by atoms with Gasteiger partial charge in [-0.15, -0.1) is 0 Å². The van der Waals surface area contributed by atoms with E-state index in [9.17, 15) is 22.6 Å². The third-order valence-corrected chi connectivity index (χ3v) is 7.96. The van der Waals surface area contributed by atoms with Crippen LogP contribution in [0.15, 0.2) is 23.8 Å². The van der Waals surface area contributed by atoms with Gasteiger partial charge in [0.25, 0.3) is 0 Å². The molecule has 0 fully saturated rings. The Bertz CT molecular complexity index is 855. The highest BCUT2D eigenvalue weighted by Crippen LogP contribution is 2.16. The first kappa shape index (κ1) is 41.3. The standard InChI is InChI=1S/C34H63NO7S/c1-4-6-7-8-9-10-11-12-13-14-15-16-17-18-19-20-21-22-27-34(37)42-32(5-2)26-24-23-25-31(3)30-33(36)35-28-29-41-43(38,39)40/h10-11,30,32H,4-9,12-29H2,1-3H3,(H,35,36)(H,38,39,40)/p-1/b11-10-,31-30-/t32-/m1/s1. The Morgan fingerprint density at radius 2 is 1.30 bits per heavy atom. The first-order chi connectivity index (χ1) is 20.7. The molecule has 1 N–H and O–H groups in total. The van der Waals surface area contributed by atoms with Gasteiger partial charge in [0.15, 0.2) is 0 Å². The van der Waals surface area contributed by atoms with E-state index in [1.807, 2.05) is 13.8 Å². The van der Waals surface area contributed by atoms with Gasteiger partial charge in [0, 0.05) is 19.0 Å². The largest absolute Gasteiger partial charge is 0.726 e. The number of unbranched alkanes of at least 4 members (excludes halogenated alkanes) is 15. The van der Waals surface area contributed by atoms with Crippen molar-refractivity contribution >= 4 is 22.3 Å². The zero-order valence-corrected chi connectivity index (χ0v) is 28.4. The SMILES string of the molecule is CCCCCC/C=C\CCCCCCCCCCCCC(=O)O[C@H](CC)CCCC/C(C)=C\C(=O)NCCOS(=O)(=O)[O-]. The molecule has 0 aromatic carbocycles. The van der Waals surface area contributed by atoms with E-state index in [1.165, 1.54) is 96.0 Å². The number of rotatable bonds is 30. The predicted molar refractivity (Wildman–Crippen MR) is 174 cm³/mol. The summed E-state index contributed by atoms with van der Waals surface area (Å²) >= 11 is 0. The van der Waals surface area contributed by atoms with Crippen LogP contribution in [0.4, 0.5) is 0 Å². The molecule has 0 rings (SSSR count). The summed E-state index contributed by atoms with van der Waals surface area (Å²) in [6, 6.07) is 0. The fourth-order valence-electron chi connectivity index (χ4n) is 4.90. The molecule has 0 aromatic heterocycles. The average Bonchev–Trinajstić information content (AvgIpc) is 2.95. The summed E-state index contributed by atoms with van der Waals surface area (Å²) in [6.07, 6.45) is 31.0. The second kappa shape index (κ2) is 29.0. The molecule has 0 heterocycles. The van der Waals surface area contributed by atoms with Crippen LogP contribution in [0.25, 0.3) is 0 Å². The fraction of sp³-hybridized carbons (Fsp3) is 0.824. The van der Waals surface area contributed by atoms with Crippen LogP contribution < -0.4 is 5.32 Å². The van der Waals surface area contributed by atoms with Crippen molar-refractivity contribution < 1.29 is 31.5 Å². The van der Waals surface area contributed by atoms with Crippen molar-refractivity contribution in [2.45, 2.75) is 168 Å². The maximum atomic E-state index is 12.3.